The quantitative estimate of drug-likeness (QED) is 0.767. The van der Waals surface area contributed by atoms with Gasteiger partial charge in [-0.05, 0) is 37.5 Å². The molecule has 6 nitrogen and oxygen atoms in total. The Labute approximate surface area is 142 Å². The van der Waals surface area contributed by atoms with Gasteiger partial charge >= 0.3 is 0 Å². The molecule has 0 radical (unpaired) electrons. The molecule has 0 aliphatic carbocycles. The summed E-state index contributed by atoms with van der Waals surface area (Å²) in [5, 5.41) is 14.0. The van der Waals surface area contributed by atoms with Crippen LogP contribution in [0.3, 0.4) is 0 Å². The third-order valence-corrected chi connectivity index (χ3v) is 6.05. The van der Waals surface area contributed by atoms with Crippen molar-refractivity contribution in [1.29, 1.82) is 0 Å². The predicted octanol–water partition coefficient (Wildman–Crippen LogP) is 2.10. The van der Waals surface area contributed by atoms with Gasteiger partial charge in [0.25, 0.3) is 5.91 Å². The van der Waals surface area contributed by atoms with Crippen molar-refractivity contribution in [2.24, 2.45) is 0 Å². The molecule has 0 unspecified atom stereocenters. The lowest BCUT2D eigenvalue weighted by Crippen LogP contribution is -2.42. The topological polar surface area (TPSA) is 71.8 Å². The summed E-state index contributed by atoms with van der Waals surface area (Å²) < 4.78 is 2.87. The van der Waals surface area contributed by atoms with Crippen LogP contribution in [0, 0.1) is 0 Å². The second-order valence-corrected chi connectivity index (χ2v) is 7.45. The zero-order valence-corrected chi connectivity index (χ0v) is 13.8. The lowest BCUT2D eigenvalue weighted by Gasteiger charge is -2.21. The number of fused-ring (bicyclic) bond motifs is 3. The van der Waals surface area contributed by atoms with E-state index >= 15 is 0 Å². The van der Waals surface area contributed by atoms with Crippen LogP contribution in [0.1, 0.15) is 29.6 Å². The molecule has 1 aromatic carbocycles. The van der Waals surface area contributed by atoms with E-state index in [4.69, 9.17) is 0 Å². The molecule has 0 spiro atoms. The van der Waals surface area contributed by atoms with E-state index in [0.29, 0.717) is 17.6 Å². The van der Waals surface area contributed by atoms with Gasteiger partial charge in [-0.3, -0.25) is 4.79 Å². The maximum absolute atomic E-state index is 12.7. The minimum Gasteiger partial charge on any atom is -0.348 e. The average molecular weight is 339 g/mol. The number of benzene rings is 1. The molecule has 2 bridgehead atoms. The lowest BCUT2D eigenvalue weighted by atomic mass is 9.95. The second kappa shape index (κ2) is 5.39. The Morgan fingerprint density at radius 2 is 2.33 bits per heavy atom. The SMILES string of the molecule is O=C(N[C@@H]1C[C@H]2CC[C@@H]1N2)c1ccc2scc(-n3cncn3)c2c1. The summed E-state index contributed by atoms with van der Waals surface area (Å²) in [5.41, 5.74) is 1.66. The van der Waals surface area contributed by atoms with Gasteiger partial charge in [0.05, 0.1) is 5.69 Å². The van der Waals surface area contributed by atoms with Crippen LogP contribution >= 0.6 is 11.3 Å². The first kappa shape index (κ1) is 14.1. The van der Waals surface area contributed by atoms with Crippen LogP contribution in [0.2, 0.25) is 0 Å². The monoisotopic (exact) mass is 339 g/mol. The van der Waals surface area contributed by atoms with Gasteiger partial charge in [-0.2, -0.15) is 5.10 Å². The van der Waals surface area contributed by atoms with E-state index in [9.17, 15) is 4.79 Å². The first-order chi connectivity index (χ1) is 11.8. The smallest absolute Gasteiger partial charge is 0.251 e. The largest absolute Gasteiger partial charge is 0.348 e. The fraction of sp³-hybridized carbons (Fsp3) is 0.353. The number of hydrogen-bond acceptors (Lipinski definition) is 5. The molecule has 1 amide bonds. The Balaban J connectivity index is 1.44. The van der Waals surface area contributed by atoms with Crippen LogP contribution in [-0.4, -0.2) is 38.8 Å². The summed E-state index contributed by atoms with van der Waals surface area (Å²) in [5.74, 6) is 0.00647. The fourth-order valence-electron chi connectivity index (χ4n) is 3.90. The predicted molar refractivity (Wildman–Crippen MR) is 92.6 cm³/mol. The Kier molecular flexibility index (Phi) is 3.17. The van der Waals surface area contributed by atoms with Crippen LogP contribution < -0.4 is 10.6 Å². The molecule has 122 valence electrons. The van der Waals surface area contributed by atoms with E-state index in [2.05, 4.69) is 20.7 Å². The van der Waals surface area contributed by atoms with Crippen LogP contribution in [0.25, 0.3) is 15.8 Å². The number of nitrogens with zero attached hydrogens (tertiary/aromatic N) is 3. The van der Waals surface area contributed by atoms with E-state index in [-0.39, 0.29) is 11.9 Å². The number of nitrogens with one attached hydrogen (secondary N) is 2. The van der Waals surface area contributed by atoms with Crippen LogP contribution in [0.5, 0.6) is 0 Å². The summed E-state index contributed by atoms with van der Waals surface area (Å²) in [6.45, 7) is 0. The number of thiophene rings is 1. The molecule has 4 heterocycles. The first-order valence-electron chi connectivity index (χ1n) is 8.21. The van der Waals surface area contributed by atoms with Crippen molar-refractivity contribution in [2.45, 2.75) is 37.4 Å². The third-order valence-electron chi connectivity index (χ3n) is 5.10. The highest BCUT2D eigenvalue weighted by Crippen LogP contribution is 2.30. The van der Waals surface area contributed by atoms with Gasteiger partial charge in [-0.1, -0.05) is 0 Å². The number of hydrogen-bond donors (Lipinski definition) is 2. The van der Waals surface area contributed by atoms with Gasteiger partial charge in [-0.25, -0.2) is 9.67 Å². The summed E-state index contributed by atoms with van der Waals surface area (Å²) in [6, 6.07) is 7.14. The van der Waals surface area contributed by atoms with E-state index < -0.39 is 0 Å². The average Bonchev–Trinajstić information content (AvgIpc) is 3.36. The molecule has 2 fully saturated rings. The molecule has 3 atom stereocenters. The van der Waals surface area contributed by atoms with E-state index in [1.807, 2.05) is 23.6 Å². The number of amides is 1. The highest BCUT2D eigenvalue weighted by molar-refractivity contribution is 7.17. The fourth-order valence-corrected chi connectivity index (χ4v) is 4.81. The van der Waals surface area contributed by atoms with E-state index in [1.165, 1.54) is 12.7 Å². The Morgan fingerprint density at radius 1 is 1.38 bits per heavy atom. The second-order valence-electron chi connectivity index (χ2n) is 6.54. The molecule has 5 rings (SSSR count). The van der Waals surface area contributed by atoms with Gasteiger partial charge < -0.3 is 10.6 Å². The Bertz CT molecular complexity index is 903. The van der Waals surface area contributed by atoms with Gasteiger partial charge in [0, 0.05) is 39.2 Å². The van der Waals surface area contributed by atoms with Crippen molar-refractivity contribution in [1.82, 2.24) is 25.4 Å². The summed E-state index contributed by atoms with van der Waals surface area (Å²) >= 11 is 1.65. The molecular formula is C17H17N5OS. The van der Waals surface area contributed by atoms with E-state index in [0.717, 1.165) is 28.6 Å². The molecule has 2 aliphatic heterocycles. The summed E-state index contributed by atoms with van der Waals surface area (Å²) in [6.07, 6.45) is 6.63. The molecule has 3 aromatic rings. The Morgan fingerprint density at radius 3 is 3.08 bits per heavy atom. The van der Waals surface area contributed by atoms with Crippen molar-refractivity contribution in [3.63, 3.8) is 0 Å². The van der Waals surface area contributed by atoms with Crippen molar-refractivity contribution in [3.05, 3.63) is 41.8 Å². The first-order valence-corrected chi connectivity index (χ1v) is 9.09. The molecular weight excluding hydrogens is 322 g/mol. The summed E-state index contributed by atoms with van der Waals surface area (Å²) in [4.78, 5) is 16.7. The van der Waals surface area contributed by atoms with Crippen molar-refractivity contribution in [3.8, 4) is 5.69 Å². The number of carbonyl (C=O) groups excluding carboxylic acids is 1. The van der Waals surface area contributed by atoms with Crippen LogP contribution in [0.4, 0.5) is 0 Å². The molecule has 2 N–H and O–H groups in total. The standard InChI is InChI=1S/C17H17N5OS/c23-17(21-14-6-11-2-3-13(14)20-11)10-1-4-16-12(5-10)15(7-24-16)22-9-18-8-19-22/h1,4-5,7-9,11,13-14,20H,2-3,6H2,(H,21,23)/t11-,13+,14-/m1/s1. The zero-order chi connectivity index (χ0) is 16.1. The maximum Gasteiger partial charge on any atom is 0.251 e. The lowest BCUT2D eigenvalue weighted by molar-refractivity contribution is 0.0931. The van der Waals surface area contributed by atoms with Crippen molar-refractivity contribution in [2.75, 3.05) is 0 Å². The minimum atomic E-state index is 0.00647. The van der Waals surface area contributed by atoms with E-state index in [1.54, 1.807) is 22.3 Å². The zero-order valence-electron chi connectivity index (χ0n) is 13.0. The number of rotatable bonds is 3. The Hall–Kier alpha value is -2.25. The van der Waals surface area contributed by atoms with Gasteiger partial charge in [0.2, 0.25) is 0 Å². The minimum absolute atomic E-state index is 0.00647. The van der Waals surface area contributed by atoms with Gasteiger partial charge in [0.15, 0.2) is 0 Å². The highest BCUT2D eigenvalue weighted by atomic mass is 32.1. The van der Waals surface area contributed by atoms with Crippen molar-refractivity contribution >= 4 is 27.3 Å². The van der Waals surface area contributed by atoms with Crippen LogP contribution in [0.15, 0.2) is 36.2 Å². The molecule has 2 aliphatic rings. The maximum atomic E-state index is 12.7. The van der Waals surface area contributed by atoms with Gasteiger partial charge in [0.1, 0.15) is 12.7 Å². The van der Waals surface area contributed by atoms with Crippen LogP contribution in [-0.2, 0) is 0 Å². The molecule has 24 heavy (non-hydrogen) atoms. The van der Waals surface area contributed by atoms with Crippen molar-refractivity contribution < 1.29 is 4.79 Å². The highest BCUT2D eigenvalue weighted by Gasteiger charge is 2.39. The molecule has 0 saturated carbocycles. The molecule has 7 heteroatoms. The molecule has 2 saturated heterocycles. The third kappa shape index (κ3) is 2.23. The number of aromatic nitrogens is 3. The van der Waals surface area contributed by atoms with Gasteiger partial charge in [-0.15, -0.1) is 11.3 Å². The number of carbonyl (C=O) groups is 1. The normalized spacial score (nSPS) is 25.4. The summed E-state index contributed by atoms with van der Waals surface area (Å²) in [7, 11) is 0. The molecule has 2 aromatic heterocycles.